The zero-order chi connectivity index (χ0) is 21.8. The van der Waals surface area contributed by atoms with Gasteiger partial charge in [-0.3, -0.25) is 4.79 Å². The van der Waals surface area contributed by atoms with E-state index in [1.807, 2.05) is 0 Å². The van der Waals surface area contributed by atoms with Crippen molar-refractivity contribution in [2.45, 2.75) is 38.2 Å². The number of ether oxygens (including phenoxy) is 1. The van der Waals surface area contributed by atoms with Crippen molar-refractivity contribution >= 4 is 28.4 Å². The summed E-state index contributed by atoms with van der Waals surface area (Å²) in [7, 11) is 0. The quantitative estimate of drug-likeness (QED) is 0.681. The third kappa shape index (κ3) is 3.48. The molecule has 3 aromatic rings. The Morgan fingerprint density at radius 2 is 2.13 bits per heavy atom. The van der Waals surface area contributed by atoms with E-state index in [9.17, 15) is 13.6 Å². The number of halogens is 2. The highest BCUT2D eigenvalue weighted by molar-refractivity contribution is 5.95. The number of rotatable bonds is 4. The number of carbonyl (C=O) groups is 1. The molecule has 1 amide bonds. The van der Waals surface area contributed by atoms with Crippen molar-refractivity contribution in [3.05, 3.63) is 30.4 Å². The first-order valence-corrected chi connectivity index (χ1v) is 10.0. The molecule has 0 bridgehead atoms. The molecule has 2 aliphatic heterocycles. The van der Waals surface area contributed by atoms with Gasteiger partial charge in [-0.1, -0.05) is 0 Å². The fourth-order valence-corrected chi connectivity index (χ4v) is 4.07. The number of alkyl halides is 2. The van der Waals surface area contributed by atoms with Crippen molar-refractivity contribution in [2.75, 3.05) is 29.9 Å². The molecule has 1 unspecified atom stereocenters. The maximum Gasteiger partial charge on any atom is 0.303 e. The van der Waals surface area contributed by atoms with Crippen LogP contribution in [0.5, 0.6) is 0 Å². The summed E-state index contributed by atoms with van der Waals surface area (Å²) in [6, 6.07) is 3.18. The second-order valence-electron chi connectivity index (χ2n) is 8.08. The monoisotopic (exact) mass is 429 g/mol. The van der Waals surface area contributed by atoms with Crippen LogP contribution in [0.3, 0.4) is 0 Å². The first-order valence-electron chi connectivity index (χ1n) is 10.0. The van der Waals surface area contributed by atoms with Gasteiger partial charge in [0.15, 0.2) is 11.6 Å². The van der Waals surface area contributed by atoms with Crippen LogP contribution in [0.4, 0.5) is 20.4 Å². The first kappa shape index (κ1) is 19.7. The van der Waals surface area contributed by atoms with E-state index in [0.717, 1.165) is 38.3 Å². The molecule has 2 aliphatic rings. The Morgan fingerprint density at radius 3 is 2.77 bits per heavy atom. The highest BCUT2D eigenvalue weighted by atomic mass is 19.3. The molecule has 1 N–H and O–H groups in total. The molecule has 5 rings (SSSR count). The van der Waals surface area contributed by atoms with Gasteiger partial charge in [-0.15, -0.1) is 5.10 Å². The van der Waals surface area contributed by atoms with Crippen LogP contribution in [0.25, 0.3) is 16.7 Å². The Morgan fingerprint density at radius 1 is 1.32 bits per heavy atom. The van der Waals surface area contributed by atoms with E-state index in [-0.39, 0.29) is 17.3 Å². The zero-order valence-electron chi connectivity index (χ0n) is 17.1. The van der Waals surface area contributed by atoms with E-state index in [2.05, 4.69) is 25.2 Å². The van der Waals surface area contributed by atoms with Crippen LogP contribution in [-0.4, -0.2) is 55.9 Å². The lowest BCUT2D eigenvalue weighted by Gasteiger charge is -2.38. The smallest absolute Gasteiger partial charge is 0.303 e. The normalized spacial score (nSPS) is 21.0. The van der Waals surface area contributed by atoms with Crippen LogP contribution in [0.2, 0.25) is 0 Å². The molecule has 0 aliphatic carbocycles. The molecule has 2 fully saturated rings. The van der Waals surface area contributed by atoms with Crippen LogP contribution in [0, 0.1) is 0 Å². The van der Waals surface area contributed by atoms with Crippen LogP contribution >= 0.6 is 0 Å². The molecule has 0 aromatic carbocycles. The number of nitrogens with one attached hydrogen (secondary N) is 1. The Bertz CT molecular complexity index is 1170. The summed E-state index contributed by atoms with van der Waals surface area (Å²) in [4.78, 5) is 25.7. The molecule has 9 nitrogen and oxygen atoms in total. The minimum atomic E-state index is -3.19. The van der Waals surface area contributed by atoms with Crippen LogP contribution in [0.15, 0.2) is 24.5 Å². The SMILES string of the molecule is CC(=O)Nc1cc2c(cn1)c(N1CCC3(CCO3)C1)nn2-c1ccnc(C(C)(F)F)n1. The molecule has 0 radical (unpaired) electrons. The predicted octanol–water partition coefficient (Wildman–Crippen LogP) is 2.65. The lowest BCUT2D eigenvalue weighted by Crippen LogP contribution is -2.46. The Hall–Kier alpha value is -3.21. The summed E-state index contributed by atoms with van der Waals surface area (Å²) in [5.74, 6) is -2.83. The summed E-state index contributed by atoms with van der Waals surface area (Å²) >= 11 is 0. The molecule has 1 spiro atoms. The van der Waals surface area contributed by atoms with Crippen molar-refractivity contribution in [3.63, 3.8) is 0 Å². The van der Waals surface area contributed by atoms with Crippen LogP contribution in [-0.2, 0) is 15.5 Å². The first-order chi connectivity index (χ1) is 14.7. The number of hydrogen-bond acceptors (Lipinski definition) is 7. The topological polar surface area (TPSA) is 98.1 Å². The number of carbonyl (C=O) groups excluding carboxylic acids is 1. The summed E-state index contributed by atoms with van der Waals surface area (Å²) in [6.07, 6.45) is 4.82. The Balaban J connectivity index is 1.63. The van der Waals surface area contributed by atoms with E-state index in [1.54, 1.807) is 12.3 Å². The predicted molar refractivity (Wildman–Crippen MR) is 108 cm³/mol. The fraction of sp³-hybridized carbons (Fsp3) is 0.450. The number of aromatic nitrogens is 5. The Labute approximate surface area is 176 Å². The number of hydrogen-bond donors (Lipinski definition) is 1. The molecule has 31 heavy (non-hydrogen) atoms. The average molecular weight is 429 g/mol. The lowest BCUT2D eigenvalue weighted by atomic mass is 9.94. The molecular formula is C20H21F2N7O2. The maximum absolute atomic E-state index is 13.8. The van der Waals surface area contributed by atoms with Gasteiger partial charge in [0, 0.05) is 57.9 Å². The third-order valence-electron chi connectivity index (χ3n) is 5.68. The maximum atomic E-state index is 13.8. The van der Waals surface area contributed by atoms with Crippen molar-refractivity contribution in [1.82, 2.24) is 24.7 Å². The van der Waals surface area contributed by atoms with E-state index in [0.29, 0.717) is 23.7 Å². The average Bonchev–Trinajstić information content (AvgIpc) is 3.29. The van der Waals surface area contributed by atoms with Crippen molar-refractivity contribution in [3.8, 4) is 5.82 Å². The van der Waals surface area contributed by atoms with E-state index in [1.165, 1.54) is 23.9 Å². The second-order valence-corrected chi connectivity index (χ2v) is 8.08. The summed E-state index contributed by atoms with van der Waals surface area (Å²) in [6.45, 7) is 4.37. The minimum Gasteiger partial charge on any atom is -0.373 e. The van der Waals surface area contributed by atoms with Crippen LogP contribution in [0.1, 0.15) is 32.5 Å². The summed E-state index contributed by atoms with van der Waals surface area (Å²) < 4.78 is 34.9. The number of amides is 1. The van der Waals surface area contributed by atoms with Gasteiger partial charge in [0.2, 0.25) is 11.7 Å². The lowest BCUT2D eigenvalue weighted by molar-refractivity contribution is -0.130. The van der Waals surface area contributed by atoms with E-state index < -0.39 is 11.7 Å². The molecule has 1 atom stereocenters. The molecule has 11 heteroatoms. The third-order valence-corrected chi connectivity index (χ3v) is 5.68. The van der Waals surface area contributed by atoms with Gasteiger partial charge < -0.3 is 15.0 Å². The molecule has 5 heterocycles. The molecule has 2 saturated heterocycles. The number of nitrogens with zero attached hydrogens (tertiary/aromatic N) is 6. The molecule has 3 aromatic heterocycles. The van der Waals surface area contributed by atoms with E-state index in [4.69, 9.17) is 9.84 Å². The van der Waals surface area contributed by atoms with Gasteiger partial charge in [0.05, 0.1) is 23.1 Å². The number of anilines is 2. The highest BCUT2D eigenvalue weighted by Crippen LogP contribution is 2.40. The largest absolute Gasteiger partial charge is 0.373 e. The van der Waals surface area contributed by atoms with Gasteiger partial charge in [0.1, 0.15) is 5.82 Å². The van der Waals surface area contributed by atoms with Gasteiger partial charge in [-0.05, 0) is 6.42 Å². The van der Waals surface area contributed by atoms with Gasteiger partial charge in [-0.2, -0.15) is 8.78 Å². The van der Waals surface area contributed by atoms with E-state index >= 15 is 0 Å². The van der Waals surface area contributed by atoms with Crippen molar-refractivity contribution < 1.29 is 18.3 Å². The van der Waals surface area contributed by atoms with Gasteiger partial charge in [-0.25, -0.2) is 19.6 Å². The number of fused-ring (bicyclic) bond motifs is 1. The standard InChI is InChI=1S/C20H21F2N7O2/c1-12(30)25-15-9-14-13(10-24-15)17(28-7-4-20(11-28)5-8-31-20)27-29(14)16-3-6-23-18(26-16)19(2,21)22/h3,6,9-10H,4-5,7-8,11H2,1-2H3,(H,24,25,30). The van der Waals surface area contributed by atoms with Crippen LogP contribution < -0.4 is 10.2 Å². The summed E-state index contributed by atoms with van der Waals surface area (Å²) in [5.41, 5.74) is 0.458. The van der Waals surface area contributed by atoms with Crippen molar-refractivity contribution in [1.29, 1.82) is 0 Å². The Kier molecular flexibility index (Phi) is 4.40. The number of pyridine rings is 1. The van der Waals surface area contributed by atoms with Gasteiger partial charge in [0.25, 0.3) is 0 Å². The van der Waals surface area contributed by atoms with Gasteiger partial charge >= 0.3 is 5.92 Å². The molecule has 162 valence electrons. The fourth-order valence-electron chi connectivity index (χ4n) is 4.07. The highest BCUT2D eigenvalue weighted by Gasteiger charge is 2.45. The zero-order valence-corrected chi connectivity index (χ0v) is 17.1. The minimum absolute atomic E-state index is 0.133. The molecule has 0 saturated carbocycles. The molecular weight excluding hydrogens is 408 g/mol. The van der Waals surface area contributed by atoms with Crippen molar-refractivity contribution in [2.24, 2.45) is 0 Å². The summed E-state index contributed by atoms with van der Waals surface area (Å²) in [5, 5.41) is 8.08. The second kappa shape index (κ2) is 6.91.